The molecule has 5 heteroatoms. The van der Waals surface area contributed by atoms with Gasteiger partial charge in [0.25, 0.3) is 5.91 Å². The van der Waals surface area contributed by atoms with Crippen LogP contribution in [0.4, 0.5) is 0 Å². The first-order chi connectivity index (χ1) is 7.20. The van der Waals surface area contributed by atoms with Crippen molar-refractivity contribution in [2.75, 3.05) is 7.11 Å². The smallest absolute Gasteiger partial charge is 0.271 e. The van der Waals surface area contributed by atoms with Gasteiger partial charge in [-0.05, 0) is 18.9 Å². The van der Waals surface area contributed by atoms with E-state index in [2.05, 4.69) is 4.98 Å². The Balaban J connectivity index is 2.29. The summed E-state index contributed by atoms with van der Waals surface area (Å²) >= 11 is 0. The molecule has 1 saturated carbocycles. The zero-order valence-corrected chi connectivity index (χ0v) is 8.40. The normalized spacial score (nSPS) is 14.7. The molecule has 1 fully saturated rings. The molecule has 0 unspecified atom stereocenters. The molecule has 80 valence electrons. The first-order valence-electron chi connectivity index (χ1n) is 4.72. The molecule has 2 rings (SSSR count). The molecular weight excluding hydrogens is 196 g/mol. The van der Waals surface area contributed by atoms with Gasteiger partial charge in [0.15, 0.2) is 11.4 Å². The van der Waals surface area contributed by atoms with Crippen molar-refractivity contribution >= 4 is 5.91 Å². The van der Waals surface area contributed by atoms with Crippen molar-refractivity contribution in [3.05, 3.63) is 17.8 Å². The van der Waals surface area contributed by atoms with E-state index < -0.39 is 5.91 Å². The topological polar surface area (TPSA) is 74.4 Å². The third kappa shape index (κ3) is 2.18. The molecule has 1 aliphatic rings. The largest absolute Gasteiger partial charge is 0.488 e. The van der Waals surface area contributed by atoms with Crippen LogP contribution < -0.4 is 15.2 Å². The highest BCUT2D eigenvalue weighted by molar-refractivity contribution is 5.93. The summed E-state index contributed by atoms with van der Waals surface area (Å²) in [6.45, 7) is 0. The molecule has 15 heavy (non-hydrogen) atoms. The Morgan fingerprint density at radius 1 is 1.53 bits per heavy atom. The van der Waals surface area contributed by atoms with Crippen LogP contribution in [0.2, 0.25) is 0 Å². The molecule has 2 N–H and O–H groups in total. The monoisotopic (exact) mass is 208 g/mol. The lowest BCUT2D eigenvalue weighted by Gasteiger charge is -2.08. The van der Waals surface area contributed by atoms with Crippen molar-refractivity contribution in [1.82, 2.24) is 4.98 Å². The number of hydrogen-bond donors (Lipinski definition) is 1. The van der Waals surface area contributed by atoms with Gasteiger partial charge < -0.3 is 15.2 Å². The summed E-state index contributed by atoms with van der Waals surface area (Å²) in [6.07, 6.45) is 2.24. The first-order valence-corrected chi connectivity index (χ1v) is 4.72. The molecule has 0 atom stereocenters. The second-order valence-electron chi connectivity index (χ2n) is 3.38. The van der Waals surface area contributed by atoms with Gasteiger partial charge in [-0.25, -0.2) is 4.98 Å². The lowest BCUT2D eigenvalue weighted by molar-refractivity contribution is 0.0990. The van der Waals surface area contributed by atoms with Crippen LogP contribution in [0.3, 0.4) is 0 Å². The Hall–Kier alpha value is -1.78. The van der Waals surface area contributed by atoms with Crippen molar-refractivity contribution in [3.63, 3.8) is 0 Å². The van der Waals surface area contributed by atoms with Gasteiger partial charge >= 0.3 is 0 Å². The Kier molecular flexibility index (Phi) is 2.45. The SMILES string of the molecule is COc1ccc(OC2CC2)c(C(N)=O)n1. The number of hydrogen-bond acceptors (Lipinski definition) is 4. The Morgan fingerprint density at radius 2 is 2.27 bits per heavy atom. The van der Waals surface area contributed by atoms with Gasteiger partial charge in [-0.2, -0.15) is 0 Å². The number of nitrogens with two attached hydrogens (primary N) is 1. The van der Waals surface area contributed by atoms with Crippen LogP contribution in [-0.2, 0) is 0 Å². The van der Waals surface area contributed by atoms with Crippen LogP contribution in [-0.4, -0.2) is 24.1 Å². The van der Waals surface area contributed by atoms with E-state index in [4.69, 9.17) is 15.2 Å². The Morgan fingerprint density at radius 3 is 2.80 bits per heavy atom. The second kappa shape index (κ2) is 3.76. The Bertz CT molecular complexity index is 388. The van der Waals surface area contributed by atoms with E-state index in [1.54, 1.807) is 12.1 Å². The molecule has 0 spiro atoms. The number of nitrogens with zero attached hydrogens (tertiary/aromatic N) is 1. The first kappa shape index (κ1) is 9.76. The number of amides is 1. The minimum absolute atomic E-state index is 0.126. The molecule has 1 aliphatic carbocycles. The Labute approximate surface area is 87.2 Å². The zero-order valence-electron chi connectivity index (χ0n) is 8.40. The van der Waals surface area contributed by atoms with E-state index in [0.717, 1.165) is 12.8 Å². The summed E-state index contributed by atoms with van der Waals surface area (Å²) in [6, 6.07) is 3.30. The van der Waals surface area contributed by atoms with E-state index in [1.807, 2.05) is 0 Å². The number of rotatable bonds is 4. The van der Waals surface area contributed by atoms with Crippen molar-refractivity contribution in [2.24, 2.45) is 5.73 Å². The van der Waals surface area contributed by atoms with Gasteiger partial charge in [0.05, 0.1) is 13.2 Å². The fraction of sp³-hybridized carbons (Fsp3) is 0.400. The van der Waals surface area contributed by atoms with Gasteiger partial charge in [0.2, 0.25) is 5.88 Å². The van der Waals surface area contributed by atoms with Gasteiger partial charge in [0, 0.05) is 6.07 Å². The fourth-order valence-electron chi connectivity index (χ4n) is 1.18. The maximum Gasteiger partial charge on any atom is 0.271 e. The minimum atomic E-state index is -0.607. The molecule has 0 radical (unpaired) electrons. The number of aromatic nitrogens is 1. The average molecular weight is 208 g/mol. The lowest BCUT2D eigenvalue weighted by Crippen LogP contribution is -2.16. The molecule has 1 amide bonds. The van der Waals surface area contributed by atoms with Crippen LogP contribution in [0, 0.1) is 0 Å². The minimum Gasteiger partial charge on any atom is -0.488 e. The molecular formula is C10H12N2O3. The van der Waals surface area contributed by atoms with Crippen LogP contribution in [0.5, 0.6) is 11.6 Å². The van der Waals surface area contributed by atoms with E-state index in [1.165, 1.54) is 7.11 Å². The maximum absolute atomic E-state index is 11.1. The number of carbonyl (C=O) groups excluding carboxylic acids is 1. The average Bonchev–Trinajstić information content (AvgIpc) is 3.02. The summed E-state index contributed by atoms with van der Waals surface area (Å²) < 4.78 is 10.4. The highest BCUT2D eigenvalue weighted by Crippen LogP contribution is 2.29. The van der Waals surface area contributed by atoms with Crippen LogP contribution >= 0.6 is 0 Å². The maximum atomic E-state index is 11.1. The van der Waals surface area contributed by atoms with Gasteiger partial charge in [-0.15, -0.1) is 0 Å². The van der Waals surface area contributed by atoms with Crippen LogP contribution in [0.25, 0.3) is 0 Å². The summed E-state index contributed by atoms with van der Waals surface area (Å²) in [4.78, 5) is 15.1. The zero-order chi connectivity index (χ0) is 10.8. The quantitative estimate of drug-likeness (QED) is 0.791. The number of pyridine rings is 1. The van der Waals surface area contributed by atoms with Gasteiger partial charge in [-0.1, -0.05) is 0 Å². The third-order valence-electron chi connectivity index (χ3n) is 2.09. The van der Waals surface area contributed by atoms with Crippen molar-refractivity contribution in [2.45, 2.75) is 18.9 Å². The molecule has 5 nitrogen and oxygen atoms in total. The summed E-state index contributed by atoms with van der Waals surface area (Å²) in [5, 5.41) is 0. The van der Waals surface area contributed by atoms with Gasteiger partial charge in [-0.3, -0.25) is 4.79 Å². The highest BCUT2D eigenvalue weighted by atomic mass is 16.5. The molecule has 0 saturated heterocycles. The summed E-state index contributed by atoms with van der Waals surface area (Å²) in [7, 11) is 1.48. The van der Waals surface area contributed by atoms with Crippen LogP contribution in [0.15, 0.2) is 12.1 Å². The standard InChI is InChI=1S/C10H12N2O3/c1-14-8-5-4-7(15-6-2-3-6)9(12-8)10(11)13/h4-6H,2-3H2,1H3,(H2,11,13). The number of primary amides is 1. The van der Waals surface area contributed by atoms with Crippen molar-refractivity contribution in [1.29, 1.82) is 0 Å². The summed E-state index contributed by atoms with van der Waals surface area (Å²) in [5.74, 6) is 0.183. The molecule has 0 aromatic carbocycles. The summed E-state index contributed by atoms with van der Waals surface area (Å²) in [5.41, 5.74) is 5.32. The van der Waals surface area contributed by atoms with Crippen LogP contribution in [0.1, 0.15) is 23.3 Å². The molecule has 1 aromatic rings. The third-order valence-corrected chi connectivity index (χ3v) is 2.09. The number of methoxy groups -OCH3 is 1. The molecule has 0 aliphatic heterocycles. The fourth-order valence-corrected chi connectivity index (χ4v) is 1.18. The van der Waals surface area contributed by atoms with E-state index >= 15 is 0 Å². The van der Waals surface area contributed by atoms with E-state index in [-0.39, 0.29) is 11.8 Å². The predicted molar refractivity (Wildman–Crippen MR) is 53.0 cm³/mol. The molecule has 1 aromatic heterocycles. The highest BCUT2D eigenvalue weighted by Gasteiger charge is 2.26. The van der Waals surface area contributed by atoms with Gasteiger partial charge in [0.1, 0.15) is 0 Å². The van der Waals surface area contributed by atoms with E-state index in [0.29, 0.717) is 11.6 Å². The number of carbonyl (C=O) groups is 1. The van der Waals surface area contributed by atoms with Crippen molar-refractivity contribution in [3.8, 4) is 11.6 Å². The number of ether oxygens (including phenoxy) is 2. The van der Waals surface area contributed by atoms with Crippen molar-refractivity contribution < 1.29 is 14.3 Å². The lowest BCUT2D eigenvalue weighted by atomic mass is 10.3. The molecule has 1 heterocycles. The van der Waals surface area contributed by atoms with E-state index in [9.17, 15) is 4.79 Å². The second-order valence-corrected chi connectivity index (χ2v) is 3.38. The predicted octanol–water partition coefficient (Wildman–Crippen LogP) is 0.730. The molecule has 0 bridgehead atoms.